The van der Waals surface area contributed by atoms with Gasteiger partial charge in [0.2, 0.25) is 0 Å². The number of amides is 1. The zero-order chi connectivity index (χ0) is 19.3. The Bertz CT molecular complexity index is 935. The van der Waals surface area contributed by atoms with Crippen LogP contribution < -0.4 is 0 Å². The molecule has 1 aromatic carbocycles. The minimum absolute atomic E-state index is 0.101. The Hall–Kier alpha value is -2.51. The van der Waals surface area contributed by atoms with Crippen molar-refractivity contribution >= 4 is 21.8 Å². The Kier molecular flexibility index (Phi) is 5.83. The normalized spacial score (nSPS) is 15.0. The van der Waals surface area contributed by atoms with Gasteiger partial charge in [-0.25, -0.2) is 0 Å². The van der Waals surface area contributed by atoms with Gasteiger partial charge in [0.25, 0.3) is 5.91 Å². The third-order valence-corrected chi connectivity index (χ3v) is 5.32. The van der Waals surface area contributed by atoms with Crippen LogP contribution in [0, 0.1) is 0 Å². The lowest BCUT2D eigenvalue weighted by molar-refractivity contribution is 0.0628. The second-order valence-electron chi connectivity index (χ2n) is 6.99. The summed E-state index contributed by atoms with van der Waals surface area (Å²) >= 11 is 3.41. The average Bonchev–Trinajstić information content (AvgIpc) is 3.13. The summed E-state index contributed by atoms with van der Waals surface area (Å²) in [5.41, 5.74) is 3.02. The van der Waals surface area contributed by atoms with Crippen molar-refractivity contribution in [3.63, 3.8) is 0 Å². The van der Waals surface area contributed by atoms with E-state index >= 15 is 0 Å². The predicted molar refractivity (Wildman–Crippen MR) is 111 cm³/mol. The maximum Gasteiger partial charge on any atom is 0.253 e. The monoisotopic (exact) mass is 439 g/mol. The number of hydrogen-bond donors (Lipinski definition) is 0. The second kappa shape index (κ2) is 8.67. The van der Waals surface area contributed by atoms with Crippen molar-refractivity contribution in [3.05, 3.63) is 82.3 Å². The molecule has 4 rings (SSSR count). The topological polar surface area (TPSA) is 54.3 Å². The molecule has 0 bridgehead atoms. The highest BCUT2D eigenvalue weighted by atomic mass is 79.9. The van der Waals surface area contributed by atoms with E-state index in [9.17, 15) is 4.79 Å². The number of nitrogens with zero attached hydrogens (tertiary/aromatic N) is 5. The maximum absolute atomic E-state index is 12.9. The number of rotatable bonds is 5. The lowest BCUT2D eigenvalue weighted by atomic mass is 10.1. The fraction of sp³-hybridized carbons (Fsp3) is 0.286. The van der Waals surface area contributed by atoms with Crippen molar-refractivity contribution in [1.82, 2.24) is 24.6 Å². The number of benzene rings is 1. The van der Waals surface area contributed by atoms with E-state index in [1.807, 2.05) is 52.3 Å². The van der Waals surface area contributed by atoms with Gasteiger partial charge in [0, 0.05) is 56.9 Å². The van der Waals surface area contributed by atoms with Crippen LogP contribution in [0.2, 0.25) is 0 Å². The standard InChI is InChI=1S/C21H22BrN5O/c22-20-13-24-27(16-20)15-17-3-1-5-19(11-17)21(28)26-9-7-25(8-10-26)14-18-4-2-6-23-12-18/h1-6,11-13,16H,7-10,14-15H2. The summed E-state index contributed by atoms with van der Waals surface area (Å²) in [6, 6.07) is 11.9. The highest BCUT2D eigenvalue weighted by molar-refractivity contribution is 9.10. The Morgan fingerprint density at radius 2 is 1.82 bits per heavy atom. The molecule has 1 fully saturated rings. The van der Waals surface area contributed by atoms with E-state index in [1.165, 1.54) is 5.56 Å². The maximum atomic E-state index is 12.9. The van der Waals surface area contributed by atoms with Crippen LogP contribution in [-0.4, -0.2) is 56.7 Å². The zero-order valence-corrected chi connectivity index (χ0v) is 17.1. The van der Waals surface area contributed by atoms with E-state index in [2.05, 4.69) is 37.0 Å². The lowest BCUT2D eigenvalue weighted by Gasteiger charge is -2.34. The van der Waals surface area contributed by atoms with E-state index in [4.69, 9.17) is 0 Å². The molecule has 0 N–H and O–H groups in total. The largest absolute Gasteiger partial charge is 0.336 e. The summed E-state index contributed by atoms with van der Waals surface area (Å²) in [5.74, 6) is 0.101. The number of aromatic nitrogens is 3. The van der Waals surface area contributed by atoms with Crippen molar-refractivity contribution < 1.29 is 4.79 Å². The molecule has 6 nitrogen and oxygen atoms in total. The first kappa shape index (κ1) is 18.8. The van der Waals surface area contributed by atoms with E-state index < -0.39 is 0 Å². The molecule has 3 aromatic rings. The van der Waals surface area contributed by atoms with E-state index in [1.54, 1.807) is 12.4 Å². The number of hydrogen-bond acceptors (Lipinski definition) is 4. The molecule has 144 valence electrons. The van der Waals surface area contributed by atoms with Gasteiger partial charge in [-0.1, -0.05) is 18.2 Å². The molecule has 1 amide bonds. The van der Waals surface area contributed by atoms with Gasteiger partial charge in [0.1, 0.15) is 0 Å². The fourth-order valence-corrected chi connectivity index (χ4v) is 3.78. The number of carbonyl (C=O) groups excluding carboxylic acids is 1. The summed E-state index contributed by atoms with van der Waals surface area (Å²) < 4.78 is 2.80. The van der Waals surface area contributed by atoms with Crippen LogP contribution in [0.3, 0.4) is 0 Å². The van der Waals surface area contributed by atoms with E-state index in [0.717, 1.165) is 48.3 Å². The SMILES string of the molecule is O=C(c1cccc(Cn2cc(Br)cn2)c1)N1CCN(Cc2cccnc2)CC1. The molecule has 2 aromatic heterocycles. The van der Waals surface area contributed by atoms with Crippen molar-refractivity contribution in [2.24, 2.45) is 0 Å². The third kappa shape index (κ3) is 4.66. The molecule has 0 saturated carbocycles. The summed E-state index contributed by atoms with van der Waals surface area (Å²) in [6.45, 7) is 4.77. The van der Waals surface area contributed by atoms with Crippen LogP contribution in [0.15, 0.2) is 65.7 Å². The van der Waals surface area contributed by atoms with Crippen molar-refractivity contribution in [1.29, 1.82) is 0 Å². The molecule has 1 saturated heterocycles. The molecular formula is C21H22BrN5O. The smallest absolute Gasteiger partial charge is 0.253 e. The van der Waals surface area contributed by atoms with Gasteiger partial charge in [-0.05, 0) is 45.3 Å². The summed E-state index contributed by atoms with van der Waals surface area (Å²) in [5, 5.41) is 4.28. The predicted octanol–water partition coefficient (Wildman–Crippen LogP) is 3.05. The molecule has 1 aliphatic rings. The highest BCUT2D eigenvalue weighted by Crippen LogP contribution is 2.14. The Morgan fingerprint density at radius 3 is 2.54 bits per heavy atom. The molecule has 0 unspecified atom stereocenters. The molecule has 1 aliphatic heterocycles. The number of halogens is 1. The first-order valence-corrected chi connectivity index (χ1v) is 10.1. The first-order valence-electron chi connectivity index (χ1n) is 9.35. The summed E-state index contributed by atoms with van der Waals surface area (Å²) in [4.78, 5) is 21.4. The van der Waals surface area contributed by atoms with E-state index in [0.29, 0.717) is 6.54 Å². The Labute approximate surface area is 172 Å². The molecular weight excluding hydrogens is 418 g/mol. The zero-order valence-electron chi connectivity index (χ0n) is 15.5. The van der Waals surface area contributed by atoms with Gasteiger partial charge in [0.15, 0.2) is 0 Å². The molecule has 3 heterocycles. The van der Waals surface area contributed by atoms with Crippen molar-refractivity contribution in [2.45, 2.75) is 13.1 Å². The molecule has 0 spiro atoms. The number of pyridine rings is 1. The summed E-state index contributed by atoms with van der Waals surface area (Å²) in [6.07, 6.45) is 7.39. The Balaban J connectivity index is 1.35. The minimum Gasteiger partial charge on any atom is -0.336 e. The first-order chi connectivity index (χ1) is 13.7. The number of carbonyl (C=O) groups is 1. The summed E-state index contributed by atoms with van der Waals surface area (Å²) in [7, 11) is 0. The van der Waals surface area contributed by atoms with Crippen molar-refractivity contribution in [3.8, 4) is 0 Å². The van der Waals surface area contributed by atoms with Crippen LogP contribution in [0.4, 0.5) is 0 Å². The van der Waals surface area contributed by atoms with Crippen LogP contribution in [-0.2, 0) is 13.1 Å². The molecule has 0 radical (unpaired) electrons. The van der Waals surface area contributed by atoms with Gasteiger partial charge in [-0.2, -0.15) is 5.10 Å². The average molecular weight is 440 g/mol. The van der Waals surface area contributed by atoms with Gasteiger partial charge in [0.05, 0.1) is 17.2 Å². The minimum atomic E-state index is 0.101. The van der Waals surface area contributed by atoms with Gasteiger partial charge < -0.3 is 4.90 Å². The number of piperazine rings is 1. The fourth-order valence-electron chi connectivity index (χ4n) is 3.46. The second-order valence-corrected chi connectivity index (χ2v) is 7.90. The molecule has 7 heteroatoms. The van der Waals surface area contributed by atoms with Crippen LogP contribution in [0.1, 0.15) is 21.5 Å². The molecule has 0 aliphatic carbocycles. The third-order valence-electron chi connectivity index (χ3n) is 4.91. The van der Waals surface area contributed by atoms with Crippen LogP contribution in [0.25, 0.3) is 0 Å². The quantitative estimate of drug-likeness (QED) is 0.612. The van der Waals surface area contributed by atoms with Gasteiger partial charge in [-0.3, -0.25) is 19.4 Å². The van der Waals surface area contributed by atoms with Crippen LogP contribution >= 0.6 is 15.9 Å². The van der Waals surface area contributed by atoms with Crippen molar-refractivity contribution in [2.75, 3.05) is 26.2 Å². The molecule has 0 atom stereocenters. The Morgan fingerprint density at radius 1 is 1.00 bits per heavy atom. The van der Waals surface area contributed by atoms with Gasteiger partial charge in [-0.15, -0.1) is 0 Å². The highest BCUT2D eigenvalue weighted by Gasteiger charge is 2.22. The van der Waals surface area contributed by atoms with E-state index in [-0.39, 0.29) is 5.91 Å². The molecule has 28 heavy (non-hydrogen) atoms. The van der Waals surface area contributed by atoms with Gasteiger partial charge >= 0.3 is 0 Å². The van der Waals surface area contributed by atoms with Crippen LogP contribution in [0.5, 0.6) is 0 Å². The lowest BCUT2D eigenvalue weighted by Crippen LogP contribution is -2.48.